The normalized spacial score (nSPS) is 16.3. The van der Waals surface area contributed by atoms with Gasteiger partial charge in [-0.1, -0.05) is 6.92 Å². The van der Waals surface area contributed by atoms with Gasteiger partial charge in [0.1, 0.15) is 0 Å². The Morgan fingerprint density at radius 1 is 1.37 bits per heavy atom. The number of nitrogens with zero attached hydrogens (tertiary/aromatic N) is 2. The zero-order valence-electron chi connectivity index (χ0n) is 10.5. The Bertz CT molecular complexity index is 539. The Balaban J connectivity index is 1.96. The fourth-order valence-corrected chi connectivity index (χ4v) is 2.07. The molecule has 1 saturated heterocycles. The summed E-state index contributed by atoms with van der Waals surface area (Å²) in [7, 11) is 0. The van der Waals surface area contributed by atoms with Crippen LogP contribution in [-0.2, 0) is 4.79 Å². The van der Waals surface area contributed by atoms with Crippen molar-refractivity contribution in [2.75, 3.05) is 13.1 Å². The highest BCUT2D eigenvalue weighted by Gasteiger charge is 2.37. The first-order chi connectivity index (χ1) is 9.02. The van der Waals surface area contributed by atoms with E-state index >= 15 is 0 Å². The Labute approximate surface area is 111 Å². The number of rotatable bonds is 3. The number of carboxylic acid groups (broad SMARTS) is 1. The fraction of sp³-hybridized carbons (Fsp3) is 0.357. The Morgan fingerprint density at radius 2 is 1.95 bits per heavy atom. The minimum absolute atomic E-state index is 0.0276. The molecule has 1 aromatic rings. The number of likely N-dealkylation sites (tertiary alicyclic amines) is 1. The standard InChI is InChI=1S/C14H14N2O3/c1-9(14(18)19)12-7-16(8-12)13(17)11-4-2-10(6-15)3-5-11/h2-5,9,12H,7-8H2,1H3,(H,18,19). The van der Waals surface area contributed by atoms with Crippen LogP contribution in [0.5, 0.6) is 0 Å². The molecule has 1 aliphatic heterocycles. The summed E-state index contributed by atoms with van der Waals surface area (Å²) >= 11 is 0. The van der Waals surface area contributed by atoms with Crippen LogP contribution in [0, 0.1) is 23.2 Å². The lowest BCUT2D eigenvalue weighted by Gasteiger charge is -2.41. The molecule has 1 aliphatic rings. The number of carboxylic acids is 1. The Hall–Kier alpha value is -2.35. The summed E-state index contributed by atoms with van der Waals surface area (Å²) in [6.07, 6.45) is 0. The highest BCUT2D eigenvalue weighted by molar-refractivity contribution is 5.95. The maximum absolute atomic E-state index is 12.1. The van der Waals surface area contributed by atoms with Gasteiger partial charge in [-0.2, -0.15) is 5.26 Å². The van der Waals surface area contributed by atoms with E-state index < -0.39 is 11.9 Å². The number of aliphatic carboxylic acids is 1. The zero-order chi connectivity index (χ0) is 14.0. The zero-order valence-corrected chi connectivity index (χ0v) is 10.5. The number of benzene rings is 1. The molecule has 5 nitrogen and oxygen atoms in total. The summed E-state index contributed by atoms with van der Waals surface area (Å²) in [4.78, 5) is 24.5. The summed E-state index contributed by atoms with van der Waals surface area (Å²) in [6, 6.07) is 8.44. The molecule has 1 aromatic carbocycles. The van der Waals surface area contributed by atoms with Crippen LogP contribution < -0.4 is 0 Å². The lowest BCUT2D eigenvalue weighted by molar-refractivity contribution is -0.144. The molecule has 98 valence electrons. The van der Waals surface area contributed by atoms with Gasteiger partial charge in [-0.15, -0.1) is 0 Å². The van der Waals surface area contributed by atoms with Crippen molar-refractivity contribution in [1.29, 1.82) is 5.26 Å². The van der Waals surface area contributed by atoms with Crippen molar-refractivity contribution in [2.45, 2.75) is 6.92 Å². The highest BCUT2D eigenvalue weighted by Crippen LogP contribution is 2.25. The van der Waals surface area contributed by atoms with Crippen LogP contribution in [0.15, 0.2) is 24.3 Å². The van der Waals surface area contributed by atoms with Gasteiger partial charge in [0, 0.05) is 24.6 Å². The van der Waals surface area contributed by atoms with Gasteiger partial charge in [-0.05, 0) is 24.3 Å². The Kier molecular flexibility index (Phi) is 3.52. The van der Waals surface area contributed by atoms with Crippen LogP contribution in [0.25, 0.3) is 0 Å². The molecular weight excluding hydrogens is 244 g/mol. The largest absolute Gasteiger partial charge is 0.481 e. The van der Waals surface area contributed by atoms with Gasteiger partial charge in [-0.25, -0.2) is 0 Å². The minimum Gasteiger partial charge on any atom is -0.481 e. The van der Waals surface area contributed by atoms with Gasteiger partial charge in [0.25, 0.3) is 5.91 Å². The maximum Gasteiger partial charge on any atom is 0.306 e. The first-order valence-electron chi connectivity index (χ1n) is 6.05. The molecular formula is C14H14N2O3. The number of amides is 1. The van der Waals surface area contributed by atoms with E-state index in [4.69, 9.17) is 10.4 Å². The predicted molar refractivity (Wildman–Crippen MR) is 67.4 cm³/mol. The summed E-state index contributed by atoms with van der Waals surface area (Å²) in [5.74, 6) is -1.33. The lowest BCUT2D eigenvalue weighted by atomic mass is 9.86. The van der Waals surface area contributed by atoms with Crippen LogP contribution in [0.2, 0.25) is 0 Å². The average molecular weight is 258 g/mol. The van der Waals surface area contributed by atoms with E-state index in [2.05, 4.69) is 0 Å². The predicted octanol–water partition coefficient (Wildman–Crippen LogP) is 1.35. The van der Waals surface area contributed by atoms with E-state index in [1.165, 1.54) is 0 Å². The van der Waals surface area contributed by atoms with Crippen molar-refractivity contribution >= 4 is 11.9 Å². The number of hydrogen-bond acceptors (Lipinski definition) is 3. The van der Waals surface area contributed by atoms with Crippen LogP contribution >= 0.6 is 0 Å². The topological polar surface area (TPSA) is 81.4 Å². The fourth-order valence-electron chi connectivity index (χ4n) is 2.07. The molecule has 1 N–H and O–H groups in total. The third-order valence-corrected chi connectivity index (χ3v) is 3.55. The molecule has 0 spiro atoms. The molecule has 1 unspecified atom stereocenters. The molecule has 0 radical (unpaired) electrons. The summed E-state index contributed by atoms with van der Waals surface area (Å²) in [6.45, 7) is 2.62. The average Bonchev–Trinajstić information content (AvgIpc) is 2.36. The lowest BCUT2D eigenvalue weighted by Crippen LogP contribution is -2.53. The second-order valence-corrected chi connectivity index (χ2v) is 4.79. The van der Waals surface area contributed by atoms with Gasteiger partial charge in [-0.3, -0.25) is 9.59 Å². The number of carbonyl (C=O) groups is 2. The molecule has 5 heteroatoms. The Morgan fingerprint density at radius 3 is 2.42 bits per heavy atom. The minimum atomic E-state index is -0.824. The second kappa shape index (κ2) is 5.11. The molecule has 0 saturated carbocycles. The van der Waals surface area contributed by atoms with Gasteiger partial charge < -0.3 is 10.0 Å². The molecule has 1 fully saturated rings. The molecule has 1 atom stereocenters. The summed E-state index contributed by atoms with van der Waals surface area (Å²) in [5.41, 5.74) is 1.04. The van der Waals surface area contributed by atoms with Gasteiger partial charge in [0.05, 0.1) is 17.6 Å². The quantitative estimate of drug-likeness (QED) is 0.887. The first kappa shape index (κ1) is 13.1. The molecule has 0 aliphatic carbocycles. The monoisotopic (exact) mass is 258 g/mol. The summed E-state index contributed by atoms with van der Waals surface area (Å²) in [5, 5.41) is 17.6. The van der Waals surface area contributed by atoms with Gasteiger partial charge >= 0.3 is 5.97 Å². The van der Waals surface area contributed by atoms with E-state index in [1.54, 1.807) is 36.1 Å². The molecule has 0 bridgehead atoms. The van der Waals surface area contributed by atoms with Crippen LogP contribution in [-0.4, -0.2) is 35.0 Å². The van der Waals surface area contributed by atoms with Crippen molar-refractivity contribution in [3.8, 4) is 6.07 Å². The molecule has 0 aromatic heterocycles. The third-order valence-electron chi connectivity index (χ3n) is 3.55. The first-order valence-corrected chi connectivity index (χ1v) is 6.05. The smallest absolute Gasteiger partial charge is 0.306 e. The van der Waals surface area contributed by atoms with Crippen molar-refractivity contribution in [3.05, 3.63) is 35.4 Å². The molecule has 1 heterocycles. The molecule has 19 heavy (non-hydrogen) atoms. The molecule has 2 rings (SSSR count). The highest BCUT2D eigenvalue weighted by atomic mass is 16.4. The second-order valence-electron chi connectivity index (χ2n) is 4.79. The SMILES string of the molecule is CC(C(=O)O)C1CN(C(=O)c2ccc(C#N)cc2)C1. The van der Waals surface area contributed by atoms with E-state index in [1.807, 2.05) is 6.07 Å². The van der Waals surface area contributed by atoms with Gasteiger partial charge in [0.2, 0.25) is 0 Å². The van der Waals surface area contributed by atoms with E-state index in [-0.39, 0.29) is 11.8 Å². The van der Waals surface area contributed by atoms with Crippen molar-refractivity contribution in [1.82, 2.24) is 4.90 Å². The van der Waals surface area contributed by atoms with Crippen molar-refractivity contribution < 1.29 is 14.7 Å². The number of nitriles is 1. The van der Waals surface area contributed by atoms with Crippen LogP contribution in [0.4, 0.5) is 0 Å². The molecule has 1 amide bonds. The van der Waals surface area contributed by atoms with Crippen LogP contribution in [0.1, 0.15) is 22.8 Å². The third kappa shape index (κ3) is 2.58. The van der Waals surface area contributed by atoms with Crippen molar-refractivity contribution in [2.24, 2.45) is 11.8 Å². The summed E-state index contributed by atoms with van der Waals surface area (Å²) < 4.78 is 0. The van der Waals surface area contributed by atoms with Gasteiger partial charge in [0.15, 0.2) is 0 Å². The van der Waals surface area contributed by atoms with Crippen LogP contribution in [0.3, 0.4) is 0 Å². The number of carbonyl (C=O) groups excluding carboxylic acids is 1. The number of hydrogen-bond donors (Lipinski definition) is 1. The van der Waals surface area contributed by atoms with E-state index in [9.17, 15) is 9.59 Å². The van der Waals surface area contributed by atoms with Crippen molar-refractivity contribution in [3.63, 3.8) is 0 Å². The maximum atomic E-state index is 12.1. The van der Waals surface area contributed by atoms with E-state index in [0.717, 1.165) is 0 Å². The van der Waals surface area contributed by atoms with E-state index in [0.29, 0.717) is 24.2 Å².